The number of rotatable bonds is 8. The van der Waals surface area contributed by atoms with E-state index in [0.717, 1.165) is 16.8 Å². The van der Waals surface area contributed by atoms with E-state index >= 15 is 0 Å². The molecule has 0 unspecified atom stereocenters. The normalized spacial score (nSPS) is 14.9. The molecule has 222 valence electrons. The molecule has 0 atom stereocenters. The average molecular weight is 600 g/mol. The highest BCUT2D eigenvalue weighted by Gasteiger charge is 2.30. The number of amides is 1. The molecule has 2 aromatic carbocycles. The Hall–Kier alpha value is -4.81. The van der Waals surface area contributed by atoms with Crippen molar-refractivity contribution in [3.63, 3.8) is 0 Å². The summed E-state index contributed by atoms with van der Waals surface area (Å²) in [5.41, 5.74) is 10.1. The van der Waals surface area contributed by atoms with Crippen LogP contribution < -0.4 is 16.6 Å². The number of piperidine rings is 1. The summed E-state index contributed by atoms with van der Waals surface area (Å²) < 4.78 is 28.6. The van der Waals surface area contributed by atoms with E-state index in [1.54, 1.807) is 48.3 Å². The second-order valence-electron chi connectivity index (χ2n) is 10.3. The predicted octanol–water partition coefficient (Wildman–Crippen LogP) is 3.50. The number of sulfonamides is 1. The molecule has 3 heterocycles. The molecule has 1 aliphatic rings. The van der Waals surface area contributed by atoms with E-state index in [9.17, 15) is 18.0 Å². The number of hydrogen-bond donors (Lipinski definition) is 2. The Morgan fingerprint density at radius 1 is 1.02 bits per heavy atom. The van der Waals surface area contributed by atoms with Crippen molar-refractivity contribution < 1.29 is 13.2 Å². The minimum absolute atomic E-state index is 0.0188. The number of nitrogens with zero attached hydrogens (tertiary/aromatic N) is 5. The molecule has 1 fully saturated rings. The molecule has 1 aliphatic heterocycles. The molecule has 12 heteroatoms. The van der Waals surface area contributed by atoms with Gasteiger partial charge in [-0.3, -0.25) is 19.1 Å². The molecule has 0 aliphatic carbocycles. The summed E-state index contributed by atoms with van der Waals surface area (Å²) in [4.78, 5) is 30.3. The Labute approximate surface area is 250 Å². The third kappa shape index (κ3) is 6.06. The topological polar surface area (TPSA) is 144 Å². The first-order valence-electron chi connectivity index (χ1n) is 13.7. The number of aliphatic imine (C=N–C) groups is 1. The Bertz CT molecular complexity index is 1850. The molecule has 43 heavy (non-hydrogen) atoms. The minimum Gasteiger partial charge on any atom is -0.382 e. The van der Waals surface area contributed by atoms with Crippen molar-refractivity contribution in [1.82, 2.24) is 13.5 Å². The van der Waals surface area contributed by atoms with Gasteiger partial charge in [0, 0.05) is 61.6 Å². The second-order valence-corrected chi connectivity index (χ2v) is 12.3. The van der Waals surface area contributed by atoms with Crippen LogP contribution in [0.15, 0.2) is 93.9 Å². The molecular formula is C31H33N7O4S. The fraction of sp³-hybridized carbons (Fsp3) is 0.226. The van der Waals surface area contributed by atoms with E-state index in [1.165, 1.54) is 21.2 Å². The molecule has 11 nitrogen and oxygen atoms in total. The van der Waals surface area contributed by atoms with Crippen LogP contribution in [0.2, 0.25) is 0 Å². The maximum atomic E-state index is 13.1. The Kier molecular flexibility index (Phi) is 8.42. The molecule has 5 rings (SSSR count). The van der Waals surface area contributed by atoms with Gasteiger partial charge in [-0.1, -0.05) is 30.3 Å². The summed E-state index contributed by atoms with van der Waals surface area (Å²) in [5.74, 6) is -0.195. The Morgan fingerprint density at radius 2 is 1.70 bits per heavy atom. The van der Waals surface area contributed by atoms with Gasteiger partial charge in [-0.25, -0.2) is 17.4 Å². The van der Waals surface area contributed by atoms with Gasteiger partial charge in [0.15, 0.2) is 0 Å². The lowest BCUT2D eigenvalue weighted by atomic mass is 9.94. The maximum Gasteiger partial charge on any atom is 0.267 e. The summed E-state index contributed by atoms with van der Waals surface area (Å²) in [6.07, 6.45) is 4.11. The van der Waals surface area contributed by atoms with Crippen molar-refractivity contribution in [2.75, 3.05) is 31.7 Å². The lowest BCUT2D eigenvalue weighted by Gasteiger charge is -2.30. The number of pyridine rings is 1. The van der Waals surface area contributed by atoms with Gasteiger partial charge in [0.25, 0.3) is 11.5 Å². The van der Waals surface area contributed by atoms with Gasteiger partial charge in [-0.05, 0) is 60.9 Å². The van der Waals surface area contributed by atoms with Crippen LogP contribution in [-0.4, -0.2) is 66.8 Å². The highest BCUT2D eigenvalue weighted by Crippen LogP contribution is 2.36. The summed E-state index contributed by atoms with van der Waals surface area (Å²) in [6, 6.07) is 21.4. The van der Waals surface area contributed by atoms with Crippen molar-refractivity contribution >= 4 is 34.2 Å². The van der Waals surface area contributed by atoms with Crippen LogP contribution in [0.1, 0.15) is 40.5 Å². The van der Waals surface area contributed by atoms with E-state index in [-0.39, 0.29) is 17.3 Å². The number of carbonyl (C=O) groups excluding carboxylic acids is 1. The molecular weight excluding hydrogens is 566 g/mol. The number of anilines is 1. The molecule has 1 amide bonds. The SMILES string of the molecule is C=Nn1c(C2CCN(S(C)(=O)=O)CC2)cc(-c2ccc(NC(=O)c3cccn(-c4ccccc4)c3=O)cc2)c1/C(N)=N\C. The van der Waals surface area contributed by atoms with E-state index in [2.05, 4.69) is 22.1 Å². The van der Waals surface area contributed by atoms with E-state index in [0.29, 0.717) is 43.0 Å². The van der Waals surface area contributed by atoms with Crippen molar-refractivity contribution in [2.24, 2.45) is 15.8 Å². The van der Waals surface area contributed by atoms with Crippen LogP contribution in [0, 0.1) is 0 Å². The number of aromatic nitrogens is 2. The van der Waals surface area contributed by atoms with Gasteiger partial charge >= 0.3 is 0 Å². The van der Waals surface area contributed by atoms with Crippen molar-refractivity contribution in [1.29, 1.82) is 0 Å². The quantitative estimate of drug-likeness (QED) is 0.235. The number of amidine groups is 1. The first kappa shape index (κ1) is 29.7. The van der Waals surface area contributed by atoms with Crippen LogP contribution in [0.25, 0.3) is 16.8 Å². The number of nitrogens with one attached hydrogen (secondary N) is 1. The summed E-state index contributed by atoms with van der Waals surface area (Å²) >= 11 is 0. The van der Waals surface area contributed by atoms with E-state index in [4.69, 9.17) is 5.73 Å². The highest BCUT2D eigenvalue weighted by molar-refractivity contribution is 7.88. The van der Waals surface area contributed by atoms with Gasteiger partial charge in [-0.15, -0.1) is 0 Å². The second kappa shape index (κ2) is 12.2. The molecule has 0 radical (unpaired) electrons. The number of nitrogens with two attached hydrogens (primary N) is 1. The lowest BCUT2D eigenvalue weighted by molar-refractivity contribution is 0.102. The fourth-order valence-corrected chi connectivity index (χ4v) is 6.28. The monoisotopic (exact) mass is 599 g/mol. The van der Waals surface area contributed by atoms with E-state index < -0.39 is 21.5 Å². The lowest BCUT2D eigenvalue weighted by Crippen LogP contribution is -2.37. The molecule has 4 aromatic rings. The van der Waals surface area contributed by atoms with Crippen molar-refractivity contribution in [3.05, 3.63) is 106 Å². The number of carbonyl (C=O) groups is 1. The zero-order chi connectivity index (χ0) is 30.7. The molecule has 0 saturated carbocycles. The Balaban J connectivity index is 1.42. The summed E-state index contributed by atoms with van der Waals surface area (Å²) in [7, 11) is -1.66. The zero-order valence-corrected chi connectivity index (χ0v) is 24.8. The standard InChI is InChI=1S/C31H33N7O4S/c1-33-29(32)28-26(20-27(38(28)34-2)22-15-18-36(19-16-22)43(3,41)42)21-11-13-23(14-12-21)35-30(39)25-10-7-17-37(31(25)40)24-8-5-4-6-9-24/h4-14,17,20,22H,2,15-16,18-19H2,1,3H3,(H2,32,33)(H,35,39). The van der Waals surface area contributed by atoms with Crippen molar-refractivity contribution in [3.8, 4) is 16.8 Å². The number of hydrogen-bond acceptors (Lipinski definition) is 6. The van der Waals surface area contributed by atoms with Gasteiger partial charge in [0.2, 0.25) is 10.0 Å². The molecule has 0 spiro atoms. The predicted molar refractivity (Wildman–Crippen MR) is 170 cm³/mol. The van der Waals surface area contributed by atoms with Gasteiger partial charge in [0.1, 0.15) is 17.1 Å². The Morgan fingerprint density at radius 3 is 2.30 bits per heavy atom. The van der Waals surface area contributed by atoms with Crippen molar-refractivity contribution in [2.45, 2.75) is 18.8 Å². The molecule has 3 N–H and O–H groups in total. The van der Waals surface area contributed by atoms with Gasteiger partial charge < -0.3 is 11.1 Å². The maximum absolute atomic E-state index is 13.1. The van der Waals surface area contributed by atoms with E-state index in [1.807, 2.05) is 36.4 Å². The van der Waals surface area contributed by atoms with Gasteiger partial charge in [-0.2, -0.15) is 5.10 Å². The summed E-state index contributed by atoms with van der Waals surface area (Å²) in [5, 5.41) is 7.05. The third-order valence-corrected chi connectivity index (χ3v) is 8.95. The van der Waals surface area contributed by atoms with Crippen LogP contribution in [0.3, 0.4) is 0 Å². The molecule has 2 aromatic heterocycles. The van der Waals surface area contributed by atoms with Gasteiger partial charge in [0.05, 0.1) is 6.26 Å². The van der Waals surface area contributed by atoms with Crippen LogP contribution >= 0.6 is 0 Å². The van der Waals surface area contributed by atoms with Crippen LogP contribution in [0.4, 0.5) is 5.69 Å². The average Bonchev–Trinajstić information content (AvgIpc) is 3.41. The third-order valence-electron chi connectivity index (χ3n) is 7.65. The largest absolute Gasteiger partial charge is 0.382 e. The summed E-state index contributed by atoms with van der Waals surface area (Å²) in [6.45, 7) is 4.59. The smallest absolute Gasteiger partial charge is 0.267 e. The minimum atomic E-state index is -3.26. The molecule has 0 bridgehead atoms. The number of benzene rings is 2. The fourth-order valence-electron chi connectivity index (χ4n) is 5.41. The molecule has 1 saturated heterocycles. The number of para-hydroxylation sites is 1. The highest BCUT2D eigenvalue weighted by atomic mass is 32.2. The van der Waals surface area contributed by atoms with Crippen LogP contribution in [-0.2, 0) is 10.0 Å². The first-order chi connectivity index (χ1) is 20.6. The zero-order valence-electron chi connectivity index (χ0n) is 24.0. The van der Waals surface area contributed by atoms with Crippen LogP contribution in [0.5, 0.6) is 0 Å². The first-order valence-corrected chi connectivity index (χ1v) is 15.6.